The Morgan fingerprint density at radius 3 is 2.94 bits per heavy atom. The lowest BCUT2D eigenvalue weighted by molar-refractivity contribution is 0.602. The molecule has 76 valence electrons. The molecule has 4 rings (SSSR count). The van der Waals surface area contributed by atoms with E-state index in [9.17, 15) is 0 Å². The second-order valence-electron chi connectivity index (χ2n) is 3.87. The molecule has 2 aromatic carbocycles. The Labute approximate surface area is 90.7 Å². The summed E-state index contributed by atoms with van der Waals surface area (Å²) in [5.41, 5.74) is 2.91. The predicted molar refractivity (Wildman–Crippen MR) is 63.4 cm³/mol. The molecule has 0 fully saturated rings. The first kappa shape index (κ1) is 7.93. The Morgan fingerprint density at radius 1 is 1.00 bits per heavy atom. The average Bonchev–Trinajstić information content (AvgIpc) is 2.96. The summed E-state index contributed by atoms with van der Waals surface area (Å²) in [6.45, 7) is 0. The number of rotatable bonds is 0. The quantitative estimate of drug-likeness (QED) is 0.480. The van der Waals surface area contributed by atoms with Crippen LogP contribution in [0.1, 0.15) is 0 Å². The van der Waals surface area contributed by atoms with Crippen molar-refractivity contribution in [2.45, 2.75) is 0 Å². The van der Waals surface area contributed by atoms with Gasteiger partial charge in [0.1, 0.15) is 5.52 Å². The van der Waals surface area contributed by atoms with Crippen LogP contribution in [0.3, 0.4) is 0 Å². The predicted octanol–water partition coefficient (Wildman–Crippen LogP) is 3.46. The van der Waals surface area contributed by atoms with Crippen LogP contribution >= 0.6 is 0 Å². The molecule has 3 heteroatoms. The molecule has 0 amide bonds. The molecule has 16 heavy (non-hydrogen) atoms. The molecule has 0 saturated carbocycles. The van der Waals surface area contributed by atoms with Gasteiger partial charge in [0.15, 0.2) is 12.0 Å². The van der Waals surface area contributed by atoms with Gasteiger partial charge in [-0.25, -0.2) is 4.98 Å². The van der Waals surface area contributed by atoms with Gasteiger partial charge in [0, 0.05) is 22.4 Å². The molecule has 0 unspecified atom stereocenters. The first-order chi connectivity index (χ1) is 7.93. The van der Waals surface area contributed by atoms with Gasteiger partial charge < -0.3 is 9.40 Å². The normalized spacial score (nSPS) is 11.8. The van der Waals surface area contributed by atoms with Crippen LogP contribution in [-0.4, -0.2) is 9.97 Å². The fourth-order valence-corrected chi connectivity index (χ4v) is 2.27. The zero-order valence-corrected chi connectivity index (χ0v) is 8.40. The third-order valence-electron chi connectivity index (χ3n) is 3.02. The lowest BCUT2D eigenvalue weighted by Gasteiger charge is -1.99. The zero-order valence-electron chi connectivity index (χ0n) is 8.40. The van der Waals surface area contributed by atoms with E-state index in [-0.39, 0.29) is 0 Å². The molecular weight excluding hydrogens is 200 g/mol. The van der Waals surface area contributed by atoms with Gasteiger partial charge in [-0.05, 0) is 18.2 Å². The van der Waals surface area contributed by atoms with Crippen LogP contribution in [0.2, 0.25) is 0 Å². The van der Waals surface area contributed by atoms with Gasteiger partial charge in [-0.2, -0.15) is 0 Å². The lowest BCUT2D eigenvalue weighted by Crippen LogP contribution is -1.77. The number of oxazole rings is 1. The summed E-state index contributed by atoms with van der Waals surface area (Å²) in [5, 5.41) is 3.53. The van der Waals surface area contributed by atoms with Gasteiger partial charge in [0.05, 0.1) is 5.52 Å². The van der Waals surface area contributed by atoms with E-state index in [1.165, 1.54) is 17.2 Å². The number of nitrogens with zero attached hydrogens (tertiary/aromatic N) is 1. The standard InChI is InChI=1S/C13H8N2O/c1-2-10-9(12-8(1)5-6-14-12)3-4-11-13(10)15-7-16-11/h1-7,14H. The Morgan fingerprint density at radius 2 is 1.94 bits per heavy atom. The van der Waals surface area contributed by atoms with Gasteiger partial charge in [0.2, 0.25) is 0 Å². The highest BCUT2D eigenvalue weighted by atomic mass is 16.3. The number of H-pyrrole nitrogens is 1. The minimum absolute atomic E-state index is 0.832. The summed E-state index contributed by atoms with van der Waals surface area (Å²) in [6, 6.07) is 10.3. The van der Waals surface area contributed by atoms with Gasteiger partial charge in [-0.1, -0.05) is 12.1 Å². The Bertz CT molecular complexity index is 741. The molecular formula is C13H8N2O. The summed E-state index contributed by atoms with van der Waals surface area (Å²) in [5.74, 6) is 0. The molecule has 0 bridgehead atoms. The fourth-order valence-electron chi connectivity index (χ4n) is 2.27. The van der Waals surface area contributed by atoms with Gasteiger partial charge in [0.25, 0.3) is 0 Å². The number of hydrogen-bond acceptors (Lipinski definition) is 2. The van der Waals surface area contributed by atoms with E-state index >= 15 is 0 Å². The van der Waals surface area contributed by atoms with Gasteiger partial charge >= 0.3 is 0 Å². The highest BCUT2D eigenvalue weighted by Gasteiger charge is 2.07. The molecule has 2 aromatic heterocycles. The van der Waals surface area contributed by atoms with Crippen molar-refractivity contribution in [1.82, 2.24) is 9.97 Å². The maximum atomic E-state index is 5.30. The number of benzene rings is 2. The van der Waals surface area contributed by atoms with Crippen molar-refractivity contribution in [3.05, 3.63) is 42.9 Å². The first-order valence-electron chi connectivity index (χ1n) is 5.15. The summed E-state index contributed by atoms with van der Waals surface area (Å²) in [4.78, 5) is 7.52. The van der Waals surface area contributed by atoms with Crippen LogP contribution < -0.4 is 0 Å². The highest BCUT2D eigenvalue weighted by Crippen LogP contribution is 2.29. The van der Waals surface area contributed by atoms with E-state index < -0.39 is 0 Å². The fraction of sp³-hybridized carbons (Fsp3) is 0. The molecule has 0 aliphatic carbocycles. The molecule has 3 nitrogen and oxygen atoms in total. The van der Waals surface area contributed by atoms with Gasteiger partial charge in [-0.15, -0.1) is 0 Å². The third-order valence-corrected chi connectivity index (χ3v) is 3.02. The largest absolute Gasteiger partial charge is 0.443 e. The molecule has 0 radical (unpaired) electrons. The van der Waals surface area contributed by atoms with Crippen LogP contribution in [0.15, 0.2) is 47.3 Å². The van der Waals surface area contributed by atoms with E-state index in [1.807, 2.05) is 12.3 Å². The van der Waals surface area contributed by atoms with Crippen molar-refractivity contribution in [2.75, 3.05) is 0 Å². The van der Waals surface area contributed by atoms with E-state index in [2.05, 4.69) is 34.2 Å². The van der Waals surface area contributed by atoms with E-state index in [4.69, 9.17) is 4.42 Å². The van der Waals surface area contributed by atoms with Crippen LogP contribution in [-0.2, 0) is 0 Å². The summed E-state index contributed by atoms with van der Waals surface area (Å²) < 4.78 is 5.30. The first-order valence-corrected chi connectivity index (χ1v) is 5.15. The highest BCUT2D eigenvalue weighted by molar-refractivity contribution is 6.13. The van der Waals surface area contributed by atoms with E-state index in [0.29, 0.717) is 0 Å². The third kappa shape index (κ3) is 0.852. The smallest absolute Gasteiger partial charge is 0.182 e. The maximum Gasteiger partial charge on any atom is 0.182 e. The molecule has 4 aromatic rings. The van der Waals surface area contributed by atoms with Crippen molar-refractivity contribution in [3.8, 4) is 0 Å². The molecule has 2 heterocycles. The summed E-state index contributed by atoms with van der Waals surface area (Å²) in [6.07, 6.45) is 3.44. The molecule has 0 saturated heterocycles. The molecule has 1 N–H and O–H groups in total. The second kappa shape index (κ2) is 2.64. The Balaban J connectivity index is 2.38. The van der Waals surface area contributed by atoms with Crippen LogP contribution in [0.5, 0.6) is 0 Å². The van der Waals surface area contributed by atoms with Crippen LogP contribution in [0, 0.1) is 0 Å². The Kier molecular flexibility index (Phi) is 1.31. The Hall–Kier alpha value is -2.29. The van der Waals surface area contributed by atoms with Crippen LogP contribution in [0.25, 0.3) is 32.8 Å². The number of aromatic amines is 1. The molecule has 0 aliphatic heterocycles. The second-order valence-corrected chi connectivity index (χ2v) is 3.87. The van der Waals surface area contributed by atoms with Crippen molar-refractivity contribution >= 4 is 32.8 Å². The maximum absolute atomic E-state index is 5.30. The number of aromatic nitrogens is 2. The lowest BCUT2D eigenvalue weighted by atomic mass is 10.1. The number of nitrogens with one attached hydrogen (secondary N) is 1. The molecule has 0 spiro atoms. The minimum Gasteiger partial charge on any atom is -0.443 e. The van der Waals surface area contributed by atoms with Crippen molar-refractivity contribution in [3.63, 3.8) is 0 Å². The number of hydrogen-bond donors (Lipinski definition) is 1. The summed E-state index contributed by atoms with van der Waals surface area (Å²) >= 11 is 0. The van der Waals surface area contributed by atoms with Gasteiger partial charge in [-0.3, -0.25) is 0 Å². The molecule has 0 aliphatic rings. The van der Waals surface area contributed by atoms with Crippen molar-refractivity contribution in [2.24, 2.45) is 0 Å². The average molecular weight is 208 g/mol. The van der Waals surface area contributed by atoms with Crippen molar-refractivity contribution in [1.29, 1.82) is 0 Å². The minimum atomic E-state index is 0.832. The number of fused-ring (bicyclic) bond motifs is 5. The van der Waals surface area contributed by atoms with E-state index in [0.717, 1.165) is 22.0 Å². The summed E-state index contributed by atoms with van der Waals surface area (Å²) in [7, 11) is 0. The SMILES string of the molecule is c1cc2ccc3c(ccc4ocnc43)c2[nH]1. The zero-order chi connectivity index (χ0) is 10.5. The van der Waals surface area contributed by atoms with Crippen molar-refractivity contribution < 1.29 is 4.42 Å². The molecule has 0 atom stereocenters. The topological polar surface area (TPSA) is 41.8 Å². The van der Waals surface area contributed by atoms with Crippen LogP contribution in [0.4, 0.5) is 0 Å². The van der Waals surface area contributed by atoms with E-state index in [1.54, 1.807) is 0 Å². The monoisotopic (exact) mass is 208 g/mol.